The number of likely N-dealkylation sites (tertiary alicyclic amines) is 1. The number of carbonyl (C=O) groups is 2. The lowest BCUT2D eigenvalue weighted by Crippen LogP contribution is -2.50. The van der Waals surface area contributed by atoms with Crippen molar-refractivity contribution in [1.29, 1.82) is 0 Å². The fraction of sp³-hybridized carbons (Fsp3) is 0.529. The van der Waals surface area contributed by atoms with Gasteiger partial charge in [-0.3, -0.25) is 4.79 Å². The second kappa shape index (κ2) is 6.98. The largest absolute Gasteiger partial charge is 0.444 e. The van der Waals surface area contributed by atoms with E-state index < -0.39 is 5.60 Å². The van der Waals surface area contributed by atoms with E-state index in [1.54, 1.807) is 4.90 Å². The first-order chi connectivity index (χ1) is 10.7. The summed E-state index contributed by atoms with van der Waals surface area (Å²) in [7, 11) is 0. The summed E-state index contributed by atoms with van der Waals surface area (Å²) in [6, 6.07) is 5.26. The van der Waals surface area contributed by atoms with Crippen molar-refractivity contribution in [2.24, 2.45) is 0 Å². The number of halogens is 1. The third-order valence-corrected chi connectivity index (χ3v) is 3.51. The third-order valence-electron chi connectivity index (χ3n) is 3.51. The fourth-order valence-electron chi connectivity index (χ4n) is 2.46. The van der Waals surface area contributed by atoms with Crippen LogP contribution in [0, 0.1) is 5.82 Å². The van der Waals surface area contributed by atoms with Crippen molar-refractivity contribution in [2.45, 2.75) is 45.3 Å². The molecule has 1 N–H and O–H groups in total. The smallest absolute Gasteiger partial charge is 0.410 e. The molecule has 2 amide bonds. The SMILES string of the molecule is CC(C)(C)OC(=O)N1CCCC(NC(=O)c2ccc(F)cc2)C1. The van der Waals surface area contributed by atoms with Gasteiger partial charge in [0, 0.05) is 24.7 Å². The lowest BCUT2D eigenvalue weighted by atomic mass is 10.1. The number of hydrogen-bond acceptors (Lipinski definition) is 3. The normalized spacial score (nSPS) is 18.4. The van der Waals surface area contributed by atoms with E-state index in [9.17, 15) is 14.0 Å². The number of ether oxygens (including phenoxy) is 1. The Balaban J connectivity index is 1.92. The first-order valence-corrected chi connectivity index (χ1v) is 7.79. The van der Waals surface area contributed by atoms with Crippen LogP contribution in [0.3, 0.4) is 0 Å². The first kappa shape index (κ1) is 17.2. The van der Waals surface area contributed by atoms with Gasteiger partial charge in [-0.25, -0.2) is 9.18 Å². The quantitative estimate of drug-likeness (QED) is 0.911. The molecule has 6 heteroatoms. The molecule has 1 fully saturated rings. The van der Waals surface area contributed by atoms with Crippen LogP contribution in [0.2, 0.25) is 0 Å². The Bertz CT molecular complexity index is 566. The van der Waals surface area contributed by atoms with Gasteiger partial charge in [0.1, 0.15) is 11.4 Å². The van der Waals surface area contributed by atoms with Crippen LogP contribution in [0.4, 0.5) is 9.18 Å². The van der Waals surface area contributed by atoms with Crippen molar-refractivity contribution >= 4 is 12.0 Å². The van der Waals surface area contributed by atoms with Gasteiger partial charge in [0.05, 0.1) is 0 Å². The predicted molar refractivity (Wildman–Crippen MR) is 84.7 cm³/mol. The Kier molecular flexibility index (Phi) is 5.23. The maximum Gasteiger partial charge on any atom is 0.410 e. The Morgan fingerprint density at radius 3 is 2.52 bits per heavy atom. The second-order valence-corrected chi connectivity index (χ2v) is 6.75. The van der Waals surface area contributed by atoms with Crippen molar-refractivity contribution < 1.29 is 18.7 Å². The Morgan fingerprint density at radius 1 is 1.26 bits per heavy atom. The molecule has 1 atom stereocenters. The van der Waals surface area contributed by atoms with Gasteiger partial charge >= 0.3 is 6.09 Å². The topological polar surface area (TPSA) is 58.6 Å². The summed E-state index contributed by atoms with van der Waals surface area (Å²) in [6.45, 7) is 6.51. The van der Waals surface area contributed by atoms with E-state index in [2.05, 4.69) is 5.32 Å². The molecule has 0 aliphatic carbocycles. The molecule has 2 rings (SSSR count). The van der Waals surface area contributed by atoms with E-state index >= 15 is 0 Å². The van der Waals surface area contributed by atoms with Crippen LogP contribution in [0.15, 0.2) is 24.3 Å². The number of piperidine rings is 1. The summed E-state index contributed by atoms with van der Waals surface area (Å²) in [5.74, 6) is -0.642. The lowest BCUT2D eigenvalue weighted by molar-refractivity contribution is 0.0185. The highest BCUT2D eigenvalue weighted by atomic mass is 19.1. The van der Waals surface area contributed by atoms with Gasteiger partial charge in [-0.15, -0.1) is 0 Å². The molecule has 1 saturated heterocycles. The molecular formula is C17H23FN2O3. The molecule has 1 heterocycles. The summed E-state index contributed by atoms with van der Waals surface area (Å²) in [4.78, 5) is 25.9. The average molecular weight is 322 g/mol. The average Bonchev–Trinajstić information content (AvgIpc) is 2.46. The third kappa shape index (κ3) is 5.23. The number of carbonyl (C=O) groups excluding carboxylic acids is 2. The Labute approximate surface area is 135 Å². The first-order valence-electron chi connectivity index (χ1n) is 7.79. The van der Waals surface area contributed by atoms with E-state index in [0.29, 0.717) is 18.7 Å². The van der Waals surface area contributed by atoms with E-state index in [1.807, 2.05) is 20.8 Å². The van der Waals surface area contributed by atoms with Crippen molar-refractivity contribution in [3.05, 3.63) is 35.6 Å². The molecule has 1 aliphatic rings. The van der Waals surface area contributed by atoms with Gasteiger partial charge in [-0.1, -0.05) is 0 Å². The van der Waals surface area contributed by atoms with Crippen molar-refractivity contribution in [1.82, 2.24) is 10.2 Å². The highest BCUT2D eigenvalue weighted by molar-refractivity contribution is 5.94. The minimum absolute atomic E-state index is 0.131. The van der Waals surface area contributed by atoms with Gasteiger partial charge < -0.3 is 15.0 Å². The predicted octanol–water partition coefficient (Wildman–Crippen LogP) is 2.96. The van der Waals surface area contributed by atoms with E-state index in [1.165, 1.54) is 24.3 Å². The molecule has 0 bridgehead atoms. The standard InChI is InChI=1S/C17H23FN2O3/c1-17(2,3)23-16(22)20-10-4-5-14(11-20)19-15(21)12-6-8-13(18)9-7-12/h6-9,14H,4-5,10-11H2,1-3H3,(H,19,21). The van der Waals surface area contributed by atoms with Crippen LogP contribution in [-0.4, -0.2) is 41.6 Å². The molecule has 126 valence electrons. The molecular weight excluding hydrogens is 299 g/mol. The van der Waals surface area contributed by atoms with Crippen molar-refractivity contribution in [2.75, 3.05) is 13.1 Å². The number of nitrogens with zero attached hydrogens (tertiary/aromatic N) is 1. The van der Waals surface area contributed by atoms with E-state index in [-0.39, 0.29) is 23.9 Å². The van der Waals surface area contributed by atoms with Gasteiger partial charge in [-0.2, -0.15) is 0 Å². The lowest BCUT2D eigenvalue weighted by Gasteiger charge is -2.34. The van der Waals surface area contributed by atoms with E-state index in [0.717, 1.165) is 12.8 Å². The van der Waals surface area contributed by atoms with Crippen molar-refractivity contribution in [3.8, 4) is 0 Å². The van der Waals surface area contributed by atoms with Gasteiger partial charge in [0.15, 0.2) is 0 Å². The number of amides is 2. The van der Waals surface area contributed by atoms with Crippen LogP contribution in [0.1, 0.15) is 44.0 Å². The molecule has 0 radical (unpaired) electrons. The molecule has 1 aromatic carbocycles. The van der Waals surface area contributed by atoms with Crippen LogP contribution < -0.4 is 5.32 Å². The van der Waals surface area contributed by atoms with Crippen molar-refractivity contribution in [3.63, 3.8) is 0 Å². The summed E-state index contributed by atoms with van der Waals surface area (Å²) >= 11 is 0. The molecule has 0 saturated carbocycles. The van der Waals surface area contributed by atoms with Crippen LogP contribution in [0.25, 0.3) is 0 Å². The van der Waals surface area contributed by atoms with Crippen LogP contribution in [-0.2, 0) is 4.74 Å². The number of benzene rings is 1. The van der Waals surface area contributed by atoms with E-state index in [4.69, 9.17) is 4.74 Å². The molecule has 1 aromatic rings. The molecule has 0 aromatic heterocycles. The summed E-state index contributed by atoms with van der Waals surface area (Å²) < 4.78 is 18.3. The fourth-order valence-corrected chi connectivity index (χ4v) is 2.46. The maximum atomic E-state index is 12.9. The van der Waals surface area contributed by atoms with Crippen LogP contribution >= 0.6 is 0 Å². The maximum absolute atomic E-state index is 12.9. The number of rotatable bonds is 2. The zero-order valence-electron chi connectivity index (χ0n) is 13.8. The summed E-state index contributed by atoms with van der Waals surface area (Å²) in [5, 5.41) is 2.89. The molecule has 0 spiro atoms. The van der Waals surface area contributed by atoms with Gasteiger partial charge in [0.2, 0.25) is 0 Å². The Morgan fingerprint density at radius 2 is 1.91 bits per heavy atom. The zero-order chi connectivity index (χ0) is 17.0. The molecule has 5 nitrogen and oxygen atoms in total. The zero-order valence-corrected chi connectivity index (χ0v) is 13.8. The molecule has 1 unspecified atom stereocenters. The Hall–Kier alpha value is -2.11. The molecule has 23 heavy (non-hydrogen) atoms. The van der Waals surface area contributed by atoms with Gasteiger partial charge in [0.25, 0.3) is 5.91 Å². The molecule has 1 aliphatic heterocycles. The minimum Gasteiger partial charge on any atom is -0.444 e. The summed E-state index contributed by atoms with van der Waals surface area (Å²) in [6.07, 6.45) is 1.23. The number of nitrogens with one attached hydrogen (secondary N) is 1. The van der Waals surface area contributed by atoms with Gasteiger partial charge in [-0.05, 0) is 57.9 Å². The minimum atomic E-state index is -0.540. The second-order valence-electron chi connectivity index (χ2n) is 6.75. The van der Waals surface area contributed by atoms with Crippen LogP contribution in [0.5, 0.6) is 0 Å². The monoisotopic (exact) mass is 322 g/mol. The summed E-state index contributed by atoms with van der Waals surface area (Å²) in [5.41, 5.74) is -0.137. The highest BCUT2D eigenvalue weighted by Gasteiger charge is 2.28. The highest BCUT2D eigenvalue weighted by Crippen LogP contribution is 2.16. The number of hydrogen-bond donors (Lipinski definition) is 1.